The van der Waals surface area contributed by atoms with Crippen LogP contribution in [0.5, 0.6) is 0 Å². The molecule has 1 rings (SSSR count). The zero-order valence-corrected chi connectivity index (χ0v) is 5.46. The van der Waals surface area contributed by atoms with E-state index in [0.717, 1.165) is 12.7 Å². The number of Topliss-reactive ketones (excluding diaryl/α,β-unsaturated/α-hetero) is 1. The van der Waals surface area contributed by atoms with Crippen LogP contribution in [0.2, 0.25) is 0 Å². The fourth-order valence-corrected chi connectivity index (χ4v) is 1.21. The van der Waals surface area contributed by atoms with Crippen molar-refractivity contribution in [3.63, 3.8) is 0 Å². The Morgan fingerprint density at radius 2 is 2.33 bits per heavy atom. The van der Waals surface area contributed by atoms with E-state index in [0.29, 0.717) is 6.42 Å². The Hall–Kier alpha value is -0.660. The van der Waals surface area contributed by atoms with Crippen molar-refractivity contribution in [3.05, 3.63) is 0 Å². The predicted molar refractivity (Wildman–Crippen MR) is 33.0 cm³/mol. The Labute approximate surface area is 54.2 Å². The third-order valence-electron chi connectivity index (χ3n) is 2.05. The number of ketones is 1. The van der Waals surface area contributed by atoms with E-state index in [1.54, 1.807) is 0 Å². The van der Waals surface area contributed by atoms with Gasteiger partial charge >= 0.3 is 0 Å². The standard InChI is InChI=1S/C7H10O2/c1-5-6(4-8)2-3-7(5)9/h4-6H,2-3H2,1H3/t5-,6-/m0/s1. The molecule has 2 nitrogen and oxygen atoms in total. The first-order valence-electron chi connectivity index (χ1n) is 3.23. The lowest BCUT2D eigenvalue weighted by Gasteiger charge is -2.02. The van der Waals surface area contributed by atoms with Gasteiger partial charge in [-0.1, -0.05) is 6.92 Å². The quantitative estimate of drug-likeness (QED) is 0.487. The molecule has 0 aromatic rings. The summed E-state index contributed by atoms with van der Waals surface area (Å²) in [6, 6.07) is 0. The molecule has 0 aliphatic heterocycles. The van der Waals surface area contributed by atoms with Gasteiger partial charge in [0, 0.05) is 18.3 Å². The summed E-state index contributed by atoms with van der Waals surface area (Å²) in [5, 5.41) is 0. The van der Waals surface area contributed by atoms with E-state index >= 15 is 0 Å². The largest absolute Gasteiger partial charge is 0.303 e. The van der Waals surface area contributed by atoms with E-state index in [-0.39, 0.29) is 17.6 Å². The first-order chi connectivity index (χ1) is 4.25. The zero-order chi connectivity index (χ0) is 6.85. The van der Waals surface area contributed by atoms with E-state index < -0.39 is 0 Å². The summed E-state index contributed by atoms with van der Waals surface area (Å²) in [4.78, 5) is 21.0. The highest BCUT2D eigenvalue weighted by molar-refractivity contribution is 5.86. The van der Waals surface area contributed by atoms with Crippen molar-refractivity contribution in [2.45, 2.75) is 19.8 Å². The maximum absolute atomic E-state index is 10.8. The number of hydrogen-bond acceptors (Lipinski definition) is 2. The van der Waals surface area contributed by atoms with Gasteiger partial charge in [0.2, 0.25) is 0 Å². The predicted octanol–water partition coefficient (Wildman–Crippen LogP) is 0.800. The topological polar surface area (TPSA) is 34.1 Å². The monoisotopic (exact) mass is 126 g/mol. The number of carbonyl (C=O) groups is 2. The molecule has 1 aliphatic carbocycles. The highest BCUT2D eigenvalue weighted by Crippen LogP contribution is 2.25. The number of hydrogen-bond donors (Lipinski definition) is 0. The van der Waals surface area contributed by atoms with E-state index in [2.05, 4.69) is 0 Å². The molecule has 0 unspecified atom stereocenters. The third-order valence-corrected chi connectivity index (χ3v) is 2.05. The van der Waals surface area contributed by atoms with Gasteiger partial charge in [-0.2, -0.15) is 0 Å². The van der Waals surface area contributed by atoms with Crippen LogP contribution < -0.4 is 0 Å². The van der Waals surface area contributed by atoms with Crippen molar-refractivity contribution in [1.29, 1.82) is 0 Å². The molecular weight excluding hydrogens is 116 g/mol. The molecule has 0 heterocycles. The van der Waals surface area contributed by atoms with Crippen LogP contribution in [0.4, 0.5) is 0 Å². The summed E-state index contributed by atoms with van der Waals surface area (Å²) < 4.78 is 0. The van der Waals surface area contributed by atoms with Crippen molar-refractivity contribution in [1.82, 2.24) is 0 Å². The highest BCUT2D eigenvalue weighted by Gasteiger charge is 2.29. The SMILES string of the molecule is C[C@@H]1C(=O)CC[C@H]1C=O. The Morgan fingerprint density at radius 3 is 2.56 bits per heavy atom. The minimum atomic E-state index is -0.0116. The molecule has 0 aromatic heterocycles. The summed E-state index contributed by atoms with van der Waals surface area (Å²) in [6.07, 6.45) is 2.27. The highest BCUT2D eigenvalue weighted by atomic mass is 16.1. The minimum Gasteiger partial charge on any atom is -0.303 e. The Kier molecular flexibility index (Phi) is 1.65. The Morgan fingerprint density at radius 1 is 1.67 bits per heavy atom. The maximum Gasteiger partial charge on any atom is 0.136 e. The van der Waals surface area contributed by atoms with Crippen LogP contribution in [0.25, 0.3) is 0 Å². The fourth-order valence-electron chi connectivity index (χ4n) is 1.21. The second kappa shape index (κ2) is 2.29. The molecule has 9 heavy (non-hydrogen) atoms. The molecule has 0 amide bonds. The summed E-state index contributed by atoms with van der Waals surface area (Å²) in [6.45, 7) is 1.83. The molecule has 0 bridgehead atoms. The summed E-state index contributed by atoms with van der Waals surface area (Å²) in [5.41, 5.74) is 0. The number of rotatable bonds is 1. The molecule has 0 aromatic carbocycles. The summed E-state index contributed by atoms with van der Waals surface area (Å²) in [7, 11) is 0. The zero-order valence-electron chi connectivity index (χ0n) is 5.46. The van der Waals surface area contributed by atoms with E-state index in [4.69, 9.17) is 0 Å². The molecular formula is C7H10O2. The Balaban J connectivity index is 2.61. The van der Waals surface area contributed by atoms with Gasteiger partial charge in [0.25, 0.3) is 0 Å². The van der Waals surface area contributed by atoms with Crippen LogP contribution in [0.15, 0.2) is 0 Å². The van der Waals surface area contributed by atoms with Crippen molar-refractivity contribution in [3.8, 4) is 0 Å². The summed E-state index contributed by atoms with van der Waals surface area (Å²) in [5.74, 6) is 0.243. The normalized spacial score (nSPS) is 35.0. The third kappa shape index (κ3) is 1.02. The van der Waals surface area contributed by atoms with Gasteiger partial charge in [-0.15, -0.1) is 0 Å². The van der Waals surface area contributed by atoms with Gasteiger partial charge in [-0.25, -0.2) is 0 Å². The van der Waals surface area contributed by atoms with Crippen molar-refractivity contribution in [2.75, 3.05) is 0 Å². The molecule has 50 valence electrons. The van der Waals surface area contributed by atoms with Crippen LogP contribution >= 0.6 is 0 Å². The van der Waals surface area contributed by atoms with Gasteiger partial charge < -0.3 is 4.79 Å². The minimum absolute atomic E-state index is 0.0116. The Bertz CT molecular complexity index is 140. The van der Waals surface area contributed by atoms with Gasteiger partial charge in [0.1, 0.15) is 12.1 Å². The second-order valence-electron chi connectivity index (χ2n) is 2.59. The van der Waals surface area contributed by atoms with E-state index in [1.807, 2.05) is 6.92 Å². The second-order valence-corrected chi connectivity index (χ2v) is 2.59. The first kappa shape index (κ1) is 6.46. The van der Waals surface area contributed by atoms with Crippen molar-refractivity contribution in [2.24, 2.45) is 11.8 Å². The molecule has 1 saturated carbocycles. The lowest BCUT2D eigenvalue weighted by Crippen LogP contribution is -2.10. The number of carbonyl (C=O) groups excluding carboxylic acids is 2. The molecule has 0 spiro atoms. The van der Waals surface area contributed by atoms with Crippen LogP contribution in [0.3, 0.4) is 0 Å². The van der Waals surface area contributed by atoms with Gasteiger partial charge in [-0.05, 0) is 6.42 Å². The van der Waals surface area contributed by atoms with Gasteiger partial charge in [0.15, 0.2) is 0 Å². The van der Waals surface area contributed by atoms with Crippen LogP contribution in [-0.2, 0) is 9.59 Å². The van der Waals surface area contributed by atoms with E-state index in [1.165, 1.54) is 0 Å². The smallest absolute Gasteiger partial charge is 0.136 e. The van der Waals surface area contributed by atoms with E-state index in [9.17, 15) is 9.59 Å². The average molecular weight is 126 g/mol. The van der Waals surface area contributed by atoms with Crippen LogP contribution in [0, 0.1) is 11.8 Å². The van der Waals surface area contributed by atoms with Crippen LogP contribution in [0.1, 0.15) is 19.8 Å². The molecule has 0 saturated heterocycles. The van der Waals surface area contributed by atoms with Crippen molar-refractivity contribution >= 4 is 12.1 Å². The fraction of sp³-hybridized carbons (Fsp3) is 0.714. The molecule has 1 aliphatic rings. The molecule has 2 heteroatoms. The summed E-state index contributed by atoms with van der Waals surface area (Å²) >= 11 is 0. The van der Waals surface area contributed by atoms with Crippen molar-refractivity contribution < 1.29 is 9.59 Å². The van der Waals surface area contributed by atoms with Gasteiger partial charge in [-0.3, -0.25) is 4.79 Å². The average Bonchev–Trinajstić information content (AvgIpc) is 2.15. The molecule has 0 radical (unpaired) electrons. The maximum atomic E-state index is 10.8. The van der Waals surface area contributed by atoms with Gasteiger partial charge in [0.05, 0.1) is 0 Å². The van der Waals surface area contributed by atoms with Crippen LogP contribution in [-0.4, -0.2) is 12.1 Å². The lowest BCUT2D eigenvalue weighted by molar-refractivity contribution is -0.122. The molecule has 1 fully saturated rings. The number of aldehydes is 1. The first-order valence-corrected chi connectivity index (χ1v) is 3.23. The lowest BCUT2D eigenvalue weighted by atomic mass is 10.00. The molecule has 0 N–H and O–H groups in total. The molecule has 2 atom stereocenters.